The van der Waals surface area contributed by atoms with E-state index in [0.717, 1.165) is 29.7 Å². The largest absolute Gasteiger partial charge is 0.462 e. The molecular weight excluding hydrogens is 376 g/mol. The number of aryl methyl sites for hydroxylation is 1. The smallest absolute Gasteiger partial charge is 0.341 e. The van der Waals surface area contributed by atoms with Crippen molar-refractivity contribution >= 4 is 45.5 Å². The molecule has 26 heavy (non-hydrogen) atoms. The summed E-state index contributed by atoms with van der Waals surface area (Å²) in [6.45, 7) is 2.03. The summed E-state index contributed by atoms with van der Waals surface area (Å²) >= 11 is 7.66. The maximum Gasteiger partial charge on any atom is 0.341 e. The van der Waals surface area contributed by atoms with Crippen molar-refractivity contribution < 1.29 is 14.3 Å². The van der Waals surface area contributed by atoms with Gasteiger partial charge in [-0.05, 0) is 37.8 Å². The lowest BCUT2D eigenvalue weighted by molar-refractivity contribution is 0.0527. The van der Waals surface area contributed by atoms with Gasteiger partial charge < -0.3 is 10.1 Å². The molecule has 1 amide bonds. The van der Waals surface area contributed by atoms with Crippen LogP contribution in [0.3, 0.4) is 0 Å². The van der Waals surface area contributed by atoms with Gasteiger partial charge in [0.2, 0.25) is 0 Å². The zero-order chi connectivity index (χ0) is 18.3. The lowest BCUT2D eigenvalue weighted by Crippen LogP contribution is -2.16. The molecule has 0 saturated carbocycles. The molecular formula is C17H15ClN4O3S. The summed E-state index contributed by atoms with van der Waals surface area (Å²) < 4.78 is 6.61. The Bertz CT molecular complexity index is 1030. The lowest BCUT2D eigenvalue weighted by Gasteiger charge is -2.07. The number of hydrogen-bond donors (Lipinski definition) is 1. The average molecular weight is 391 g/mol. The van der Waals surface area contributed by atoms with Gasteiger partial charge in [-0.25, -0.2) is 14.3 Å². The van der Waals surface area contributed by atoms with Gasteiger partial charge in [0.25, 0.3) is 5.91 Å². The van der Waals surface area contributed by atoms with Gasteiger partial charge in [-0.1, -0.05) is 11.6 Å². The highest BCUT2D eigenvalue weighted by Crippen LogP contribution is 2.39. The number of halogens is 1. The van der Waals surface area contributed by atoms with Gasteiger partial charge in [0, 0.05) is 17.3 Å². The van der Waals surface area contributed by atoms with Crippen LogP contribution in [-0.4, -0.2) is 33.1 Å². The zero-order valence-corrected chi connectivity index (χ0v) is 15.5. The Kier molecular flexibility index (Phi) is 4.37. The molecule has 3 heterocycles. The van der Waals surface area contributed by atoms with Crippen molar-refractivity contribution in [2.45, 2.75) is 26.2 Å². The fourth-order valence-electron chi connectivity index (χ4n) is 3.08. The number of ether oxygens (including phenoxy) is 1. The van der Waals surface area contributed by atoms with Crippen LogP contribution in [0.5, 0.6) is 0 Å². The zero-order valence-electron chi connectivity index (χ0n) is 13.9. The van der Waals surface area contributed by atoms with Gasteiger partial charge in [0.15, 0.2) is 11.3 Å². The molecule has 0 radical (unpaired) electrons. The minimum Gasteiger partial charge on any atom is -0.462 e. The second-order valence-electron chi connectivity index (χ2n) is 5.79. The van der Waals surface area contributed by atoms with Crippen LogP contribution in [0.25, 0.3) is 5.65 Å². The second-order valence-corrected chi connectivity index (χ2v) is 7.27. The number of anilines is 1. The molecule has 9 heteroatoms. The molecule has 0 fully saturated rings. The van der Waals surface area contributed by atoms with Crippen molar-refractivity contribution in [2.75, 3.05) is 11.9 Å². The summed E-state index contributed by atoms with van der Waals surface area (Å²) in [5.74, 6) is -0.893. The summed E-state index contributed by atoms with van der Waals surface area (Å²) in [6, 6.07) is 1.70. The van der Waals surface area contributed by atoms with E-state index in [-0.39, 0.29) is 17.3 Å². The number of aromatic nitrogens is 3. The number of hydrogen-bond acceptors (Lipinski definition) is 6. The Hall–Kier alpha value is -2.45. The minimum atomic E-state index is -0.481. The monoisotopic (exact) mass is 390 g/mol. The average Bonchev–Trinajstić information content (AvgIpc) is 3.28. The van der Waals surface area contributed by atoms with E-state index >= 15 is 0 Å². The molecule has 0 bridgehead atoms. The molecule has 1 aliphatic carbocycles. The minimum absolute atomic E-state index is 0.0636. The van der Waals surface area contributed by atoms with Gasteiger partial charge in [-0.15, -0.1) is 11.3 Å². The molecule has 0 aliphatic heterocycles. The molecule has 0 saturated heterocycles. The van der Waals surface area contributed by atoms with Crippen LogP contribution in [0.15, 0.2) is 18.5 Å². The molecule has 7 nitrogen and oxygen atoms in total. The van der Waals surface area contributed by atoms with E-state index in [0.29, 0.717) is 16.2 Å². The standard InChI is InChI=1S/C17H15ClN4O3S/c1-2-25-17(24)11-9-5-3-6-10(9)26-16(11)20-15(23)13-12(18)14-19-7-4-8-22(14)21-13/h4,7-8H,2-3,5-6H2,1H3,(H,20,23). The summed E-state index contributed by atoms with van der Waals surface area (Å²) in [7, 11) is 0. The predicted molar refractivity (Wildman–Crippen MR) is 98.3 cm³/mol. The Morgan fingerprint density at radius 2 is 2.27 bits per heavy atom. The first-order valence-corrected chi connectivity index (χ1v) is 9.41. The van der Waals surface area contributed by atoms with E-state index in [1.807, 2.05) is 0 Å². The van der Waals surface area contributed by atoms with E-state index < -0.39 is 11.9 Å². The number of thiophene rings is 1. The molecule has 0 unspecified atom stereocenters. The summed E-state index contributed by atoms with van der Waals surface area (Å²) in [5.41, 5.74) is 1.90. The van der Waals surface area contributed by atoms with Crippen LogP contribution < -0.4 is 5.32 Å². The second kappa shape index (κ2) is 6.69. The van der Waals surface area contributed by atoms with E-state index in [9.17, 15) is 9.59 Å². The molecule has 1 aliphatic rings. The summed E-state index contributed by atoms with van der Waals surface area (Å²) in [5, 5.41) is 7.63. The van der Waals surface area contributed by atoms with E-state index in [1.54, 1.807) is 25.4 Å². The molecule has 0 spiro atoms. The van der Waals surface area contributed by atoms with Crippen LogP contribution in [0.4, 0.5) is 5.00 Å². The SMILES string of the molecule is CCOC(=O)c1c(NC(=O)c2nn3cccnc3c2Cl)sc2c1CCC2. The Labute approximate surface area is 157 Å². The number of nitrogens with zero attached hydrogens (tertiary/aromatic N) is 3. The highest BCUT2D eigenvalue weighted by atomic mass is 35.5. The molecule has 3 aromatic heterocycles. The van der Waals surface area contributed by atoms with Crippen molar-refractivity contribution in [1.82, 2.24) is 14.6 Å². The van der Waals surface area contributed by atoms with Gasteiger partial charge >= 0.3 is 5.97 Å². The quantitative estimate of drug-likeness (QED) is 0.690. The Morgan fingerprint density at radius 1 is 1.42 bits per heavy atom. The van der Waals surface area contributed by atoms with Crippen molar-refractivity contribution in [2.24, 2.45) is 0 Å². The first kappa shape index (κ1) is 17.0. The van der Waals surface area contributed by atoms with Gasteiger partial charge in [0.05, 0.1) is 12.2 Å². The van der Waals surface area contributed by atoms with Crippen LogP contribution in [-0.2, 0) is 17.6 Å². The maximum absolute atomic E-state index is 12.7. The third-order valence-electron chi connectivity index (χ3n) is 4.18. The van der Waals surface area contributed by atoms with Crippen LogP contribution in [0, 0.1) is 0 Å². The first-order valence-electron chi connectivity index (χ1n) is 8.22. The fraction of sp³-hybridized carbons (Fsp3) is 0.294. The number of esters is 1. The molecule has 134 valence electrons. The summed E-state index contributed by atoms with van der Waals surface area (Å²) in [6.07, 6.45) is 5.96. The highest BCUT2D eigenvalue weighted by molar-refractivity contribution is 7.17. The maximum atomic E-state index is 12.7. The van der Waals surface area contributed by atoms with Crippen molar-refractivity contribution in [3.8, 4) is 0 Å². The normalized spacial score (nSPS) is 13.0. The van der Waals surface area contributed by atoms with Crippen molar-refractivity contribution in [3.63, 3.8) is 0 Å². The number of rotatable bonds is 4. The highest BCUT2D eigenvalue weighted by Gasteiger charge is 2.29. The van der Waals surface area contributed by atoms with E-state index in [4.69, 9.17) is 16.3 Å². The van der Waals surface area contributed by atoms with Gasteiger partial charge in [-0.3, -0.25) is 4.79 Å². The topological polar surface area (TPSA) is 85.6 Å². The number of fused-ring (bicyclic) bond motifs is 2. The molecule has 0 aromatic carbocycles. The van der Waals surface area contributed by atoms with Crippen LogP contribution in [0.1, 0.15) is 44.6 Å². The van der Waals surface area contributed by atoms with Gasteiger partial charge in [-0.2, -0.15) is 5.10 Å². The van der Waals surface area contributed by atoms with E-state index in [2.05, 4.69) is 15.4 Å². The lowest BCUT2D eigenvalue weighted by atomic mass is 10.1. The van der Waals surface area contributed by atoms with Crippen LogP contribution >= 0.6 is 22.9 Å². The van der Waals surface area contributed by atoms with Crippen LogP contribution in [0.2, 0.25) is 5.02 Å². The Morgan fingerprint density at radius 3 is 3.04 bits per heavy atom. The third kappa shape index (κ3) is 2.75. The molecule has 0 atom stereocenters. The number of carbonyl (C=O) groups excluding carboxylic acids is 2. The van der Waals surface area contributed by atoms with Gasteiger partial charge in [0.1, 0.15) is 10.0 Å². The Balaban J connectivity index is 1.69. The predicted octanol–water partition coefficient (Wildman–Crippen LogP) is 3.36. The third-order valence-corrected chi connectivity index (χ3v) is 5.74. The molecule has 4 rings (SSSR count). The summed E-state index contributed by atoms with van der Waals surface area (Å²) in [4.78, 5) is 30.3. The molecule has 3 aromatic rings. The molecule has 1 N–H and O–H groups in total. The first-order chi connectivity index (χ1) is 12.6. The fourth-order valence-corrected chi connectivity index (χ4v) is 4.61. The van der Waals surface area contributed by atoms with Crippen molar-refractivity contribution in [3.05, 3.63) is 45.2 Å². The number of carbonyl (C=O) groups is 2. The number of amides is 1. The van der Waals surface area contributed by atoms with Crippen molar-refractivity contribution in [1.29, 1.82) is 0 Å². The van der Waals surface area contributed by atoms with E-state index in [1.165, 1.54) is 15.9 Å². The number of nitrogens with one attached hydrogen (secondary N) is 1.